The lowest BCUT2D eigenvalue weighted by molar-refractivity contribution is 0.239. The van der Waals surface area contributed by atoms with E-state index in [0.717, 1.165) is 24.2 Å². The van der Waals surface area contributed by atoms with Gasteiger partial charge < -0.3 is 5.32 Å². The van der Waals surface area contributed by atoms with Gasteiger partial charge in [0.25, 0.3) is 0 Å². The molecule has 0 saturated heterocycles. The Hall–Kier alpha value is -2.70. The van der Waals surface area contributed by atoms with Crippen molar-refractivity contribution in [1.29, 1.82) is 0 Å². The first-order valence-corrected chi connectivity index (χ1v) is 7.37. The molecule has 0 aliphatic carbocycles. The van der Waals surface area contributed by atoms with Crippen molar-refractivity contribution in [2.24, 2.45) is 0 Å². The zero-order chi connectivity index (χ0) is 15.5. The van der Waals surface area contributed by atoms with Gasteiger partial charge >= 0.3 is 6.03 Å². The first kappa shape index (κ1) is 14.2. The van der Waals surface area contributed by atoms with E-state index in [9.17, 15) is 4.79 Å². The van der Waals surface area contributed by atoms with Crippen LogP contribution in [0.5, 0.6) is 0 Å². The van der Waals surface area contributed by atoms with Crippen molar-refractivity contribution in [3.63, 3.8) is 0 Å². The van der Waals surface area contributed by atoms with Gasteiger partial charge in [0.05, 0.1) is 11.4 Å². The lowest BCUT2D eigenvalue weighted by Gasteiger charge is -2.06. The monoisotopic (exact) mass is 298 g/mol. The predicted octanol–water partition coefficient (Wildman–Crippen LogP) is 2.28. The normalized spacial score (nSPS) is 11.0. The quantitative estimate of drug-likeness (QED) is 0.750. The van der Waals surface area contributed by atoms with E-state index in [0.29, 0.717) is 17.7 Å². The number of carbonyl (C=O) groups excluding carboxylic acids is 1. The highest BCUT2D eigenvalue weighted by Gasteiger charge is 2.20. The third-order valence-electron chi connectivity index (χ3n) is 3.44. The lowest BCUT2D eigenvalue weighted by Crippen LogP contribution is -2.30. The average Bonchev–Trinajstić information content (AvgIpc) is 3.10. The molecule has 114 valence electrons. The summed E-state index contributed by atoms with van der Waals surface area (Å²) in [5, 5.41) is 15.4. The molecule has 7 heteroatoms. The van der Waals surface area contributed by atoms with Gasteiger partial charge in [-0.25, -0.2) is 9.48 Å². The molecule has 0 aliphatic rings. The molecule has 2 heterocycles. The van der Waals surface area contributed by atoms with Gasteiger partial charge in [0.15, 0.2) is 11.2 Å². The Morgan fingerprint density at radius 1 is 1.27 bits per heavy atom. The Morgan fingerprint density at radius 2 is 2.05 bits per heavy atom. The molecule has 0 aliphatic heterocycles. The van der Waals surface area contributed by atoms with Gasteiger partial charge in [0, 0.05) is 6.54 Å². The van der Waals surface area contributed by atoms with Gasteiger partial charge in [-0.2, -0.15) is 5.10 Å². The summed E-state index contributed by atoms with van der Waals surface area (Å²) >= 11 is 0. The molecule has 1 N–H and O–H groups in total. The van der Waals surface area contributed by atoms with E-state index in [4.69, 9.17) is 0 Å². The van der Waals surface area contributed by atoms with Gasteiger partial charge in [-0.3, -0.25) is 0 Å². The predicted molar refractivity (Wildman–Crippen MR) is 83.1 cm³/mol. The first-order valence-electron chi connectivity index (χ1n) is 7.37. The molecule has 1 aromatic carbocycles. The van der Waals surface area contributed by atoms with Crippen LogP contribution in [0.2, 0.25) is 0 Å². The minimum Gasteiger partial charge on any atom is -0.336 e. The van der Waals surface area contributed by atoms with Crippen molar-refractivity contribution < 1.29 is 4.79 Å². The second kappa shape index (κ2) is 5.97. The molecule has 0 radical (unpaired) electrons. The van der Waals surface area contributed by atoms with E-state index < -0.39 is 0 Å². The van der Waals surface area contributed by atoms with Crippen molar-refractivity contribution in [3.8, 4) is 5.69 Å². The van der Waals surface area contributed by atoms with Crippen LogP contribution in [0.1, 0.15) is 25.5 Å². The van der Waals surface area contributed by atoms with Crippen LogP contribution < -0.4 is 5.32 Å². The van der Waals surface area contributed by atoms with Crippen molar-refractivity contribution in [2.45, 2.75) is 26.7 Å². The summed E-state index contributed by atoms with van der Waals surface area (Å²) in [7, 11) is 0. The number of amides is 1. The highest BCUT2D eigenvalue weighted by atomic mass is 16.2. The summed E-state index contributed by atoms with van der Waals surface area (Å²) in [5.41, 5.74) is 2.82. The van der Waals surface area contributed by atoms with Crippen LogP contribution in [-0.4, -0.2) is 37.4 Å². The summed E-state index contributed by atoms with van der Waals surface area (Å²) in [6.07, 6.45) is 1.95. The fourth-order valence-electron chi connectivity index (χ4n) is 2.28. The van der Waals surface area contributed by atoms with Crippen LogP contribution in [0.15, 0.2) is 30.3 Å². The van der Waals surface area contributed by atoms with E-state index in [1.807, 2.05) is 37.3 Å². The number of carbonyl (C=O) groups is 1. The SMILES string of the molecule is CCCCNC(=O)n1nnc2c(C)nn(-c3ccccc3)c21. The lowest BCUT2D eigenvalue weighted by atomic mass is 10.3. The van der Waals surface area contributed by atoms with Gasteiger partial charge in [0.2, 0.25) is 0 Å². The number of nitrogens with one attached hydrogen (secondary N) is 1. The Bertz CT molecular complexity index is 789. The number of aryl methyl sites for hydroxylation is 1. The van der Waals surface area contributed by atoms with Crippen LogP contribution in [0.25, 0.3) is 16.9 Å². The third kappa shape index (κ3) is 2.45. The molecule has 0 saturated carbocycles. The number of para-hydroxylation sites is 1. The largest absolute Gasteiger partial charge is 0.345 e. The number of aromatic nitrogens is 5. The molecule has 1 amide bonds. The molecule has 3 aromatic rings. The highest BCUT2D eigenvalue weighted by Crippen LogP contribution is 2.19. The maximum Gasteiger partial charge on any atom is 0.345 e. The standard InChI is InChI=1S/C15H18N6O/c1-3-4-10-16-15(22)21-14-13(17-19-21)11(2)18-20(14)12-8-6-5-7-9-12/h5-9H,3-4,10H2,1-2H3,(H,16,22). The topological polar surface area (TPSA) is 77.6 Å². The second-order valence-electron chi connectivity index (χ2n) is 5.09. The summed E-state index contributed by atoms with van der Waals surface area (Å²) in [5.74, 6) is 0. The van der Waals surface area contributed by atoms with Gasteiger partial charge in [-0.1, -0.05) is 36.8 Å². The molecular weight excluding hydrogens is 280 g/mol. The Labute approximate surface area is 127 Å². The number of fused-ring (bicyclic) bond motifs is 1. The van der Waals surface area contributed by atoms with Crippen LogP contribution >= 0.6 is 0 Å². The third-order valence-corrected chi connectivity index (χ3v) is 3.44. The zero-order valence-corrected chi connectivity index (χ0v) is 12.7. The molecule has 22 heavy (non-hydrogen) atoms. The molecule has 7 nitrogen and oxygen atoms in total. The van der Waals surface area contributed by atoms with E-state index in [2.05, 4.69) is 27.7 Å². The molecular formula is C15H18N6O. The van der Waals surface area contributed by atoms with E-state index in [-0.39, 0.29) is 6.03 Å². The maximum atomic E-state index is 12.3. The summed E-state index contributed by atoms with van der Waals surface area (Å²) in [6, 6.07) is 9.36. The number of unbranched alkanes of at least 4 members (excludes halogenated alkanes) is 1. The summed E-state index contributed by atoms with van der Waals surface area (Å²) in [6.45, 7) is 4.55. The number of nitrogens with zero attached hydrogens (tertiary/aromatic N) is 5. The smallest absolute Gasteiger partial charge is 0.336 e. The number of rotatable bonds is 4. The molecule has 0 atom stereocenters. The molecule has 3 rings (SSSR count). The van der Waals surface area contributed by atoms with Crippen molar-refractivity contribution >= 4 is 17.2 Å². The van der Waals surface area contributed by atoms with Crippen LogP contribution in [0.3, 0.4) is 0 Å². The van der Waals surface area contributed by atoms with Crippen LogP contribution in [0, 0.1) is 6.92 Å². The van der Waals surface area contributed by atoms with E-state index in [1.165, 1.54) is 4.68 Å². The second-order valence-corrected chi connectivity index (χ2v) is 5.09. The Morgan fingerprint density at radius 3 is 2.77 bits per heavy atom. The Kier molecular flexibility index (Phi) is 3.86. The van der Waals surface area contributed by atoms with Crippen LogP contribution in [-0.2, 0) is 0 Å². The molecule has 2 aromatic heterocycles. The van der Waals surface area contributed by atoms with E-state index >= 15 is 0 Å². The van der Waals surface area contributed by atoms with Gasteiger partial charge in [-0.15, -0.1) is 9.78 Å². The highest BCUT2D eigenvalue weighted by molar-refractivity contribution is 5.87. The van der Waals surface area contributed by atoms with Gasteiger partial charge in [0.1, 0.15) is 0 Å². The van der Waals surface area contributed by atoms with Crippen molar-refractivity contribution in [1.82, 2.24) is 30.1 Å². The van der Waals surface area contributed by atoms with Crippen LogP contribution in [0.4, 0.5) is 4.79 Å². The minimum atomic E-state index is -0.284. The number of hydrogen-bond donors (Lipinski definition) is 1. The average molecular weight is 298 g/mol. The van der Waals surface area contributed by atoms with Crippen molar-refractivity contribution in [2.75, 3.05) is 6.54 Å². The molecule has 0 spiro atoms. The fourth-order valence-corrected chi connectivity index (χ4v) is 2.28. The molecule has 0 fully saturated rings. The summed E-state index contributed by atoms with van der Waals surface area (Å²) < 4.78 is 2.97. The molecule has 0 unspecified atom stereocenters. The number of benzene rings is 1. The number of hydrogen-bond acceptors (Lipinski definition) is 4. The maximum absolute atomic E-state index is 12.3. The van der Waals surface area contributed by atoms with Gasteiger partial charge in [-0.05, 0) is 25.5 Å². The first-order chi connectivity index (χ1) is 10.7. The zero-order valence-electron chi connectivity index (χ0n) is 12.7. The van der Waals surface area contributed by atoms with Crippen molar-refractivity contribution in [3.05, 3.63) is 36.0 Å². The Balaban J connectivity index is 2.04. The van der Waals surface area contributed by atoms with E-state index in [1.54, 1.807) is 4.68 Å². The fraction of sp³-hybridized carbons (Fsp3) is 0.333. The minimum absolute atomic E-state index is 0.284. The molecule has 0 bridgehead atoms. The summed E-state index contributed by atoms with van der Waals surface area (Å²) in [4.78, 5) is 12.3.